The number of nitro benzene ring substituents is 2. The van der Waals surface area contributed by atoms with Crippen molar-refractivity contribution in [2.75, 3.05) is 47.4 Å². The van der Waals surface area contributed by atoms with Crippen molar-refractivity contribution in [3.05, 3.63) is 127 Å². The molecule has 6 N–H and O–H groups in total. The van der Waals surface area contributed by atoms with E-state index in [0.29, 0.717) is 48.7 Å². The molecular weight excluding hydrogens is 648 g/mol. The van der Waals surface area contributed by atoms with Crippen LogP contribution in [0, 0.1) is 20.2 Å². The number of nitrogens with one attached hydrogen (secondary N) is 6. The highest BCUT2D eigenvalue weighted by Crippen LogP contribution is 2.35. The van der Waals surface area contributed by atoms with Gasteiger partial charge >= 0.3 is 12.1 Å². The first-order valence-electron chi connectivity index (χ1n) is 15.5. The summed E-state index contributed by atoms with van der Waals surface area (Å²) in [6.07, 6.45) is 0.978. The van der Waals surface area contributed by atoms with Crippen LogP contribution in [0.1, 0.15) is 44.7 Å². The summed E-state index contributed by atoms with van der Waals surface area (Å²) in [7, 11) is 0. The van der Waals surface area contributed by atoms with E-state index >= 15 is 0 Å². The summed E-state index contributed by atoms with van der Waals surface area (Å²) in [6, 6.07) is 20.0. The fourth-order valence-electron chi connectivity index (χ4n) is 5.25. The molecular formula is C34H32N8O8. The average Bonchev–Trinajstić information content (AvgIpc) is 3.10. The minimum Gasteiger partial charge on any atom is -0.384 e. The molecule has 16 nitrogen and oxygen atoms in total. The smallest absolute Gasteiger partial charge is 0.319 e. The Kier molecular flexibility index (Phi) is 10.9. The molecule has 4 amide bonds. The van der Waals surface area contributed by atoms with Crippen molar-refractivity contribution in [3.63, 3.8) is 0 Å². The van der Waals surface area contributed by atoms with Crippen LogP contribution in [0.4, 0.5) is 43.7 Å². The number of hydrogen-bond acceptors (Lipinski definition) is 10. The van der Waals surface area contributed by atoms with E-state index in [9.17, 15) is 39.4 Å². The van der Waals surface area contributed by atoms with E-state index in [0.717, 1.165) is 0 Å². The minimum absolute atomic E-state index is 0.0856. The molecule has 0 spiro atoms. The first-order chi connectivity index (χ1) is 24.1. The number of fused-ring (bicyclic) bond motifs is 2. The summed E-state index contributed by atoms with van der Waals surface area (Å²) in [6.45, 7) is 1.34. The third-order valence-corrected chi connectivity index (χ3v) is 7.65. The van der Waals surface area contributed by atoms with Crippen molar-refractivity contribution in [1.82, 2.24) is 10.6 Å². The van der Waals surface area contributed by atoms with Crippen LogP contribution in [0.15, 0.2) is 84.9 Å². The van der Waals surface area contributed by atoms with Gasteiger partial charge in [-0.2, -0.15) is 0 Å². The molecule has 256 valence electrons. The lowest BCUT2D eigenvalue weighted by Crippen LogP contribution is -2.30. The Bertz CT molecular complexity index is 1810. The normalized spacial score (nSPS) is 11.4. The van der Waals surface area contributed by atoms with Gasteiger partial charge in [0.05, 0.1) is 21.0 Å². The van der Waals surface area contributed by atoms with Crippen LogP contribution < -0.4 is 31.9 Å². The molecule has 0 saturated carbocycles. The van der Waals surface area contributed by atoms with Gasteiger partial charge in [0.2, 0.25) is 0 Å². The topological polar surface area (TPSA) is 227 Å². The number of non-ortho nitro benzene ring substituents is 2. The Morgan fingerprint density at radius 2 is 0.940 bits per heavy atom. The number of ketones is 2. The Hall–Kier alpha value is -6.84. The quantitative estimate of drug-likeness (QED) is 0.0488. The molecule has 0 fully saturated rings. The van der Waals surface area contributed by atoms with E-state index in [1.165, 1.54) is 48.5 Å². The van der Waals surface area contributed by atoms with Gasteiger partial charge in [-0.15, -0.1) is 0 Å². The highest BCUT2D eigenvalue weighted by molar-refractivity contribution is 6.31. The Morgan fingerprint density at radius 1 is 0.540 bits per heavy atom. The molecule has 0 heterocycles. The molecule has 4 aromatic carbocycles. The van der Waals surface area contributed by atoms with Gasteiger partial charge in [-0.1, -0.05) is 24.3 Å². The summed E-state index contributed by atoms with van der Waals surface area (Å²) in [5.41, 5.74) is 2.69. The molecule has 1 aliphatic rings. The van der Waals surface area contributed by atoms with Crippen LogP contribution in [-0.2, 0) is 0 Å². The fraction of sp³-hybridized carbons (Fsp3) is 0.176. The lowest BCUT2D eigenvalue weighted by Gasteiger charge is -2.23. The molecule has 0 bridgehead atoms. The highest BCUT2D eigenvalue weighted by atomic mass is 16.6. The lowest BCUT2D eigenvalue weighted by atomic mass is 9.82. The zero-order valence-electron chi connectivity index (χ0n) is 26.5. The maximum Gasteiger partial charge on any atom is 0.319 e. The van der Waals surface area contributed by atoms with Gasteiger partial charge in [0.25, 0.3) is 11.4 Å². The fourth-order valence-corrected chi connectivity index (χ4v) is 5.25. The number of nitrogens with zero attached hydrogens (tertiary/aromatic N) is 2. The van der Waals surface area contributed by atoms with Crippen LogP contribution in [0.3, 0.4) is 0 Å². The molecule has 1 aliphatic carbocycles. The number of benzene rings is 4. The molecule has 5 rings (SSSR count). The van der Waals surface area contributed by atoms with Crippen LogP contribution in [0.2, 0.25) is 0 Å². The van der Waals surface area contributed by atoms with Gasteiger partial charge in [-0.3, -0.25) is 29.8 Å². The van der Waals surface area contributed by atoms with Crippen molar-refractivity contribution in [2.24, 2.45) is 0 Å². The van der Waals surface area contributed by atoms with E-state index < -0.39 is 21.9 Å². The molecule has 0 unspecified atom stereocenters. The molecule has 0 atom stereocenters. The van der Waals surface area contributed by atoms with Crippen molar-refractivity contribution in [2.45, 2.75) is 12.8 Å². The third kappa shape index (κ3) is 8.35. The number of urea groups is 2. The second kappa shape index (κ2) is 15.8. The monoisotopic (exact) mass is 680 g/mol. The summed E-state index contributed by atoms with van der Waals surface area (Å²) < 4.78 is 0. The van der Waals surface area contributed by atoms with E-state index in [1.807, 2.05) is 0 Å². The van der Waals surface area contributed by atoms with Gasteiger partial charge in [0.1, 0.15) is 0 Å². The van der Waals surface area contributed by atoms with Gasteiger partial charge < -0.3 is 31.9 Å². The van der Waals surface area contributed by atoms with Gasteiger partial charge in [0.15, 0.2) is 11.6 Å². The number of rotatable bonds is 14. The maximum absolute atomic E-state index is 13.9. The SMILES string of the molecule is O=C(NCCCNc1cccc2c1C(=O)c1c(NCCCNC(=O)Nc3ccc([N+](=O)[O-])cc3)cccc1C2=O)Nc1ccc([N+](=O)[O-])cc1. The van der Waals surface area contributed by atoms with Crippen molar-refractivity contribution >= 4 is 57.8 Å². The Labute approximate surface area is 284 Å². The number of anilines is 4. The van der Waals surface area contributed by atoms with E-state index in [4.69, 9.17) is 0 Å². The second-order valence-corrected chi connectivity index (χ2v) is 11.0. The Balaban J connectivity index is 1.11. The van der Waals surface area contributed by atoms with Crippen molar-refractivity contribution in [3.8, 4) is 0 Å². The van der Waals surface area contributed by atoms with Gasteiger partial charge in [-0.25, -0.2) is 9.59 Å². The van der Waals surface area contributed by atoms with Crippen molar-refractivity contribution in [1.29, 1.82) is 0 Å². The largest absolute Gasteiger partial charge is 0.384 e. The van der Waals surface area contributed by atoms with Gasteiger partial charge in [0, 0.05) is 84.3 Å². The first kappa shape index (κ1) is 34.5. The van der Waals surface area contributed by atoms with E-state index in [-0.39, 0.29) is 58.3 Å². The maximum atomic E-state index is 13.9. The third-order valence-electron chi connectivity index (χ3n) is 7.65. The molecule has 0 radical (unpaired) electrons. The Morgan fingerprint density at radius 3 is 1.32 bits per heavy atom. The van der Waals surface area contributed by atoms with Crippen LogP contribution in [0.25, 0.3) is 0 Å². The van der Waals surface area contributed by atoms with Crippen LogP contribution >= 0.6 is 0 Å². The summed E-state index contributed by atoms with van der Waals surface area (Å²) in [5, 5.41) is 38.6. The molecule has 0 aliphatic heterocycles. The number of nitro groups is 2. The second-order valence-electron chi connectivity index (χ2n) is 11.0. The number of carbonyl (C=O) groups excluding carboxylic acids is 4. The predicted molar refractivity (Wildman–Crippen MR) is 186 cm³/mol. The van der Waals surface area contributed by atoms with E-state index in [2.05, 4.69) is 31.9 Å². The minimum atomic E-state index is -0.528. The highest BCUT2D eigenvalue weighted by Gasteiger charge is 2.33. The zero-order valence-corrected chi connectivity index (χ0v) is 26.5. The van der Waals surface area contributed by atoms with Crippen LogP contribution in [0.5, 0.6) is 0 Å². The molecule has 0 saturated heterocycles. The summed E-state index contributed by atoms with van der Waals surface area (Å²) >= 11 is 0. The van der Waals surface area contributed by atoms with Gasteiger partial charge in [-0.05, 0) is 49.2 Å². The molecule has 0 aromatic heterocycles. The summed E-state index contributed by atoms with van der Waals surface area (Å²) in [4.78, 5) is 72.3. The lowest BCUT2D eigenvalue weighted by molar-refractivity contribution is -0.385. The number of carbonyl (C=O) groups is 4. The summed E-state index contributed by atoms with van der Waals surface area (Å²) in [5.74, 6) is -0.599. The molecule has 16 heteroatoms. The van der Waals surface area contributed by atoms with Crippen LogP contribution in [-0.4, -0.2) is 59.7 Å². The van der Waals surface area contributed by atoms with Crippen molar-refractivity contribution < 1.29 is 29.0 Å². The van der Waals surface area contributed by atoms with E-state index in [1.54, 1.807) is 36.4 Å². The number of amides is 4. The first-order valence-corrected chi connectivity index (χ1v) is 15.5. The average molecular weight is 681 g/mol. The predicted octanol–water partition coefficient (Wildman–Crippen LogP) is 5.53. The molecule has 4 aromatic rings. The zero-order chi connectivity index (χ0) is 35.6. The number of hydrogen-bond donors (Lipinski definition) is 6. The molecule has 50 heavy (non-hydrogen) atoms. The standard InChI is InChI=1S/C34H32N8O8/c43-31-25-5-1-7-27(35-17-3-19-37-33(45)39-21-9-13-23(14-10-21)41(47)48)29(25)32(44)30-26(31)6-2-8-28(30)36-18-4-20-38-34(46)40-22-11-15-24(16-12-22)42(49)50/h1-2,5-16,35-36H,3-4,17-20H2,(H2,37,39,45)(H2,38,40,46).